The van der Waals surface area contributed by atoms with Crippen LogP contribution in [-0.2, 0) is 4.79 Å². The number of hydrogen-bond donors (Lipinski definition) is 3. The zero-order valence-corrected chi connectivity index (χ0v) is 18.1. The van der Waals surface area contributed by atoms with E-state index in [1.54, 1.807) is 0 Å². The van der Waals surface area contributed by atoms with Gasteiger partial charge >= 0.3 is 0 Å². The van der Waals surface area contributed by atoms with Crippen molar-refractivity contribution >= 4 is 35.3 Å². The first kappa shape index (κ1) is 21.6. The highest BCUT2D eigenvalue weighted by molar-refractivity contribution is 8.00. The fraction of sp³-hybridized carbons (Fsp3) is 0.273. The number of nitrogen functional groups attached to an aromatic ring is 1. The third-order valence-corrected chi connectivity index (χ3v) is 5.70. The van der Waals surface area contributed by atoms with Gasteiger partial charge < -0.3 is 16.4 Å². The molecule has 30 heavy (non-hydrogen) atoms. The van der Waals surface area contributed by atoms with E-state index in [4.69, 9.17) is 5.73 Å². The highest BCUT2D eigenvalue weighted by Gasteiger charge is 2.16. The number of nitrogens with two attached hydrogens (primary N) is 1. The fourth-order valence-electron chi connectivity index (χ4n) is 3.01. The number of aromatic nitrogens is 3. The van der Waals surface area contributed by atoms with Gasteiger partial charge in [-0.15, -0.1) is 11.8 Å². The maximum Gasteiger partial charge on any atom is 0.232 e. The van der Waals surface area contributed by atoms with Crippen LogP contribution >= 0.6 is 11.8 Å². The summed E-state index contributed by atoms with van der Waals surface area (Å²) in [7, 11) is 0. The van der Waals surface area contributed by atoms with Crippen molar-refractivity contribution in [2.75, 3.05) is 16.8 Å². The maximum atomic E-state index is 12.4. The van der Waals surface area contributed by atoms with Crippen molar-refractivity contribution in [3.05, 3.63) is 71.5 Å². The van der Waals surface area contributed by atoms with Crippen molar-refractivity contribution in [3.8, 4) is 0 Å². The van der Waals surface area contributed by atoms with E-state index in [1.165, 1.54) is 11.8 Å². The Labute approximate surface area is 180 Å². The molecule has 2 unspecified atom stereocenters. The smallest absolute Gasteiger partial charge is 0.232 e. The average Bonchev–Trinajstić information content (AvgIpc) is 2.72. The first-order chi connectivity index (χ1) is 14.4. The van der Waals surface area contributed by atoms with E-state index < -0.39 is 0 Å². The number of thioether (sulfide) groups is 1. The number of aryl methyl sites for hydroxylation is 1. The molecule has 4 N–H and O–H groups in total. The Morgan fingerprint density at radius 2 is 1.73 bits per heavy atom. The molecule has 2 atom stereocenters. The predicted octanol–water partition coefficient (Wildman–Crippen LogP) is 4.18. The van der Waals surface area contributed by atoms with Crippen LogP contribution in [0.5, 0.6) is 0 Å². The van der Waals surface area contributed by atoms with Crippen LogP contribution in [0.3, 0.4) is 0 Å². The van der Waals surface area contributed by atoms with E-state index in [2.05, 4.69) is 25.6 Å². The average molecular weight is 423 g/mol. The third kappa shape index (κ3) is 5.93. The summed E-state index contributed by atoms with van der Waals surface area (Å²) >= 11 is 1.45. The van der Waals surface area contributed by atoms with Crippen LogP contribution in [0.15, 0.2) is 54.6 Å². The van der Waals surface area contributed by atoms with E-state index in [-0.39, 0.29) is 23.1 Å². The van der Waals surface area contributed by atoms with Gasteiger partial charge in [0.15, 0.2) is 0 Å². The largest absolute Gasteiger partial charge is 0.368 e. The lowest BCUT2D eigenvalue weighted by molar-refractivity contribution is -0.119. The van der Waals surface area contributed by atoms with Crippen LogP contribution < -0.4 is 16.4 Å². The number of rotatable bonds is 8. The van der Waals surface area contributed by atoms with Gasteiger partial charge in [-0.1, -0.05) is 42.5 Å². The highest BCUT2D eigenvalue weighted by Crippen LogP contribution is 2.27. The first-order valence-corrected chi connectivity index (χ1v) is 10.8. The second kappa shape index (κ2) is 10.1. The van der Waals surface area contributed by atoms with Crippen LogP contribution in [0, 0.1) is 6.92 Å². The molecule has 7 nitrogen and oxygen atoms in total. The third-order valence-electron chi connectivity index (χ3n) is 4.56. The minimum Gasteiger partial charge on any atom is -0.368 e. The summed E-state index contributed by atoms with van der Waals surface area (Å²) in [5.41, 5.74) is 8.99. The summed E-state index contributed by atoms with van der Waals surface area (Å²) in [6.45, 7) is 5.98. The Morgan fingerprint density at radius 1 is 1.03 bits per heavy atom. The van der Waals surface area contributed by atoms with Crippen LogP contribution in [-0.4, -0.2) is 26.6 Å². The lowest BCUT2D eigenvalue weighted by atomic mass is 10.0. The van der Waals surface area contributed by atoms with Gasteiger partial charge in [-0.3, -0.25) is 4.79 Å². The van der Waals surface area contributed by atoms with Crippen molar-refractivity contribution in [3.63, 3.8) is 0 Å². The second-order valence-electron chi connectivity index (χ2n) is 6.97. The summed E-state index contributed by atoms with van der Waals surface area (Å²) in [5.74, 6) is 1.32. The number of benzene rings is 2. The molecule has 0 aliphatic rings. The van der Waals surface area contributed by atoms with Gasteiger partial charge in [0.1, 0.15) is 5.82 Å². The second-order valence-corrected chi connectivity index (χ2v) is 8.29. The normalized spacial score (nSPS) is 12.8. The minimum absolute atomic E-state index is 0.0349. The summed E-state index contributed by atoms with van der Waals surface area (Å²) in [4.78, 5) is 25.3. The van der Waals surface area contributed by atoms with Gasteiger partial charge in [0.25, 0.3) is 0 Å². The van der Waals surface area contributed by atoms with E-state index >= 15 is 0 Å². The Hall–Kier alpha value is -3.13. The molecule has 2 aromatic carbocycles. The molecule has 3 aromatic rings. The fourth-order valence-corrected chi connectivity index (χ4v) is 3.75. The molecule has 8 heteroatoms. The Morgan fingerprint density at radius 3 is 2.47 bits per heavy atom. The molecular formula is C22H26N6OS. The number of anilines is 3. The number of nitrogens with zero attached hydrogens (tertiary/aromatic N) is 3. The number of hydrogen-bond acceptors (Lipinski definition) is 7. The zero-order valence-electron chi connectivity index (χ0n) is 17.3. The summed E-state index contributed by atoms with van der Waals surface area (Å²) in [6, 6.07) is 17.6. The summed E-state index contributed by atoms with van der Waals surface area (Å²) < 4.78 is 0. The Balaban J connectivity index is 1.58. The maximum absolute atomic E-state index is 12.4. The lowest BCUT2D eigenvalue weighted by Crippen LogP contribution is -2.28. The molecule has 0 fully saturated rings. The molecule has 1 heterocycles. The minimum atomic E-state index is -0.119. The highest BCUT2D eigenvalue weighted by atomic mass is 32.2. The molecule has 0 saturated carbocycles. The molecule has 0 aliphatic heterocycles. The molecule has 0 bridgehead atoms. The van der Waals surface area contributed by atoms with Gasteiger partial charge in [-0.2, -0.15) is 15.0 Å². The molecule has 1 aromatic heterocycles. The molecule has 1 amide bonds. The number of nitrogens with one attached hydrogen (secondary N) is 2. The number of carbonyl (C=O) groups is 1. The van der Waals surface area contributed by atoms with E-state index in [9.17, 15) is 4.79 Å². The van der Waals surface area contributed by atoms with Crippen LogP contribution in [0.4, 0.5) is 17.6 Å². The summed E-state index contributed by atoms with van der Waals surface area (Å²) in [6.07, 6.45) is 0. The van der Waals surface area contributed by atoms with Gasteiger partial charge in [0.05, 0.1) is 17.0 Å². The van der Waals surface area contributed by atoms with E-state index in [0.717, 1.165) is 16.8 Å². The molecule has 156 valence electrons. The predicted molar refractivity (Wildman–Crippen MR) is 123 cm³/mol. The Kier molecular flexibility index (Phi) is 7.24. The standard InChI is InChI=1S/C22H26N6OS/c1-14-9-7-8-12-18(14)15(2)24-19(29)13-30-16(3)20-26-21(23)28-22(27-20)25-17-10-5-4-6-11-17/h4-12,15-16H,13H2,1-3H3,(H,24,29)(H3,23,25,26,27,28). The topological polar surface area (TPSA) is 106 Å². The molecule has 0 aliphatic carbocycles. The van der Waals surface area contributed by atoms with Crippen LogP contribution in [0.1, 0.15) is 42.1 Å². The number of para-hydroxylation sites is 1. The van der Waals surface area contributed by atoms with Crippen molar-refractivity contribution in [1.29, 1.82) is 0 Å². The first-order valence-electron chi connectivity index (χ1n) is 9.72. The summed E-state index contributed by atoms with van der Waals surface area (Å²) in [5, 5.41) is 6.05. The lowest BCUT2D eigenvalue weighted by Gasteiger charge is -2.17. The monoisotopic (exact) mass is 422 g/mol. The SMILES string of the molecule is Cc1ccccc1C(C)NC(=O)CSC(C)c1nc(N)nc(Nc2ccccc2)n1. The molecule has 0 radical (unpaired) electrons. The number of carbonyl (C=O) groups excluding carboxylic acids is 1. The molecule has 0 spiro atoms. The van der Waals surface area contributed by atoms with Crippen molar-refractivity contribution in [2.24, 2.45) is 0 Å². The van der Waals surface area contributed by atoms with E-state index in [1.807, 2.05) is 75.4 Å². The zero-order chi connectivity index (χ0) is 21.5. The van der Waals surface area contributed by atoms with Gasteiger partial charge in [0, 0.05) is 5.69 Å². The Bertz CT molecular complexity index is 998. The van der Waals surface area contributed by atoms with Crippen LogP contribution in [0.2, 0.25) is 0 Å². The van der Waals surface area contributed by atoms with Crippen LogP contribution in [0.25, 0.3) is 0 Å². The van der Waals surface area contributed by atoms with Crippen molar-refractivity contribution < 1.29 is 4.79 Å². The molecule has 3 rings (SSSR count). The molecule has 0 saturated heterocycles. The van der Waals surface area contributed by atoms with E-state index in [0.29, 0.717) is 17.5 Å². The van der Waals surface area contributed by atoms with Gasteiger partial charge in [-0.25, -0.2) is 0 Å². The van der Waals surface area contributed by atoms with Gasteiger partial charge in [-0.05, 0) is 44.0 Å². The number of amides is 1. The van der Waals surface area contributed by atoms with Gasteiger partial charge in [0.2, 0.25) is 17.8 Å². The van der Waals surface area contributed by atoms with Crippen molar-refractivity contribution in [2.45, 2.75) is 32.1 Å². The van der Waals surface area contributed by atoms with Crippen molar-refractivity contribution in [1.82, 2.24) is 20.3 Å². The molecular weight excluding hydrogens is 396 g/mol. The quantitative estimate of drug-likeness (QED) is 0.500.